The van der Waals surface area contributed by atoms with Crippen LogP contribution in [0.3, 0.4) is 0 Å². The van der Waals surface area contributed by atoms with Crippen molar-refractivity contribution in [3.63, 3.8) is 0 Å². The van der Waals surface area contributed by atoms with E-state index in [1.165, 1.54) is 33.0 Å². The largest absolute Gasteiger partial charge is 0.321 e. The van der Waals surface area contributed by atoms with Crippen molar-refractivity contribution in [2.45, 2.75) is 37.6 Å². The molecule has 0 saturated carbocycles. The third-order valence-electron chi connectivity index (χ3n) is 5.63. The molecule has 0 bridgehead atoms. The molecule has 6 heteroatoms. The van der Waals surface area contributed by atoms with Crippen molar-refractivity contribution in [2.75, 3.05) is 12.4 Å². The van der Waals surface area contributed by atoms with Gasteiger partial charge in [0, 0.05) is 29.7 Å². The predicted octanol–water partition coefficient (Wildman–Crippen LogP) is 4.22. The highest BCUT2D eigenvalue weighted by molar-refractivity contribution is 7.89. The fraction of sp³-hybridized carbons (Fsp3) is 0.261. The molecular weight excluding hydrogens is 384 g/mol. The molecule has 1 aliphatic carbocycles. The van der Waals surface area contributed by atoms with Gasteiger partial charge in [0.05, 0.1) is 4.90 Å². The number of sulfonamides is 1. The van der Waals surface area contributed by atoms with Crippen molar-refractivity contribution >= 4 is 32.4 Å². The number of hydrogen-bond acceptors (Lipinski definition) is 3. The predicted molar refractivity (Wildman–Crippen MR) is 116 cm³/mol. The minimum absolute atomic E-state index is 0.113. The first-order valence-corrected chi connectivity index (χ1v) is 11.2. The van der Waals surface area contributed by atoms with Crippen LogP contribution in [0, 0.1) is 0 Å². The van der Waals surface area contributed by atoms with Gasteiger partial charge in [-0.15, -0.1) is 0 Å². The van der Waals surface area contributed by atoms with E-state index < -0.39 is 10.0 Å². The number of aryl methyl sites for hydroxylation is 2. The minimum Gasteiger partial charge on any atom is -0.321 e. The third kappa shape index (κ3) is 3.43. The fourth-order valence-corrected chi connectivity index (χ4v) is 5.21. The number of amides is 1. The molecule has 0 fully saturated rings. The Morgan fingerprint density at radius 3 is 2.41 bits per heavy atom. The molecular formula is C23H24N2O3S. The van der Waals surface area contributed by atoms with Crippen LogP contribution >= 0.6 is 0 Å². The van der Waals surface area contributed by atoms with E-state index in [0.29, 0.717) is 5.56 Å². The molecule has 0 radical (unpaired) electrons. The summed E-state index contributed by atoms with van der Waals surface area (Å²) >= 11 is 0. The second-order valence-corrected chi connectivity index (χ2v) is 9.71. The molecule has 1 N–H and O–H groups in total. The van der Waals surface area contributed by atoms with Crippen LogP contribution < -0.4 is 5.32 Å². The molecule has 0 atom stereocenters. The average Bonchev–Trinajstić information content (AvgIpc) is 3.14. The van der Waals surface area contributed by atoms with Gasteiger partial charge in [0.1, 0.15) is 0 Å². The molecule has 0 saturated heterocycles. The molecule has 5 nitrogen and oxygen atoms in total. The van der Waals surface area contributed by atoms with E-state index in [4.69, 9.17) is 0 Å². The molecule has 0 unspecified atom stereocenters. The Kier molecular flexibility index (Phi) is 4.92. The Bertz CT molecular complexity index is 1210. The van der Waals surface area contributed by atoms with Gasteiger partial charge < -0.3 is 5.32 Å². The molecule has 0 aliphatic heterocycles. The van der Waals surface area contributed by atoms with Gasteiger partial charge in [0.15, 0.2) is 0 Å². The van der Waals surface area contributed by atoms with Crippen LogP contribution in [0.25, 0.3) is 10.8 Å². The van der Waals surface area contributed by atoms with Gasteiger partial charge >= 0.3 is 0 Å². The molecule has 0 aromatic heterocycles. The highest BCUT2D eigenvalue weighted by Gasteiger charge is 2.24. The standard InChI is InChI=1S/C23H24N2O3S/c1-15(2)25(3)29(27,28)19-8-4-7-18(14-19)23(26)24-21-13-12-17-11-10-16-6-5-9-20(21)22(16)17/h4-9,12-15H,10-11H2,1-3H3,(H,24,26). The average molecular weight is 409 g/mol. The van der Waals surface area contributed by atoms with Crippen molar-refractivity contribution in [1.82, 2.24) is 4.31 Å². The van der Waals surface area contributed by atoms with Gasteiger partial charge in [-0.2, -0.15) is 4.31 Å². The number of nitrogens with one attached hydrogen (secondary N) is 1. The van der Waals surface area contributed by atoms with Crippen LogP contribution in [0.1, 0.15) is 35.3 Å². The summed E-state index contributed by atoms with van der Waals surface area (Å²) in [7, 11) is -2.11. The number of carbonyl (C=O) groups is 1. The van der Waals surface area contributed by atoms with Crippen LogP contribution in [-0.2, 0) is 22.9 Å². The normalized spacial score (nSPS) is 13.4. The zero-order chi connectivity index (χ0) is 20.8. The number of anilines is 1. The van der Waals surface area contributed by atoms with Crippen LogP contribution in [0.4, 0.5) is 5.69 Å². The highest BCUT2D eigenvalue weighted by atomic mass is 32.2. The van der Waals surface area contributed by atoms with Crippen LogP contribution in [0.5, 0.6) is 0 Å². The number of hydrogen-bond donors (Lipinski definition) is 1. The number of rotatable bonds is 5. The maximum atomic E-state index is 12.9. The van der Waals surface area contributed by atoms with E-state index in [1.54, 1.807) is 19.2 Å². The van der Waals surface area contributed by atoms with E-state index in [0.717, 1.165) is 23.9 Å². The fourth-order valence-electron chi connectivity index (χ4n) is 3.79. The lowest BCUT2D eigenvalue weighted by molar-refractivity contribution is 0.102. The molecule has 1 amide bonds. The third-order valence-corrected chi connectivity index (χ3v) is 7.66. The van der Waals surface area contributed by atoms with E-state index in [-0.39, 0.29) is 16.8 Å². The van der Waals surface area contributed by atoms with Gasteiger partial charge in [-0.3, -0.25) is 4.79 Å². The van der Waals surface area contributed by atoms with Gasteiger partial charge in [0.25, 0.3) is 5.91 Å². The van der Waals surface area contributed by atoms with E-state index in [1.807, 2.05) is 32.0 Å². The zero-order valence-electron chi connectivity index (χ0n) is 16.8. The molecule has 4 rings (SSSR count). The van der Waals surface area contributed by atoms with Gasteiger partial charge in [-0.25, -0.2) is 8.42 Å². The first-order valence-electron chi connectivity index (χ1n) is 9.72. The SMILES string of the molecule is CC(C)N(C)S(=O)(=O)c1cccc(C(=O)Nc2ccc3c4c(cccc24)CC3)c1. The molecule has 0 heterocycles. The van der Waals surface area contributed by atoms with Crippen LogP contribution in [0.2, 0.25) is 0 Å². The summed E-state index contributed by atoms with van der Waals surface area (Å²) < 4.78 is 26.8. The van der Waals surface area contributed by atoms with Gasteiger partial charge in [-0.1, -0.05) is 30.3 Å². The van der Waals surface area contributed by atoms with Crippen molar-refractivity contribution < 1.29 is 13.2 Å². The quantitative estimate of drug-likeness (QED) is 0.687. The summed E-state index contributed by atoms with van der Waals surface area (Å²) in [6.07, 6.45) is 2.04. The lowest BCUT2D eigenvalue weighted by Crippen LogP contribution is -2.33. The van der Waals surface area contributed by atoms with E-state index in [9.17, 15) is 13.2 Å². The summed E-state index contributed by atoms with van der Waals surface area (Å²) in [4.78, 5) is 13.0. The van der Waals surface area contributed by atoms with Crippen molar-refractivity contribution in [1.29, 1.82) is 0 Å². The molecule has 1 aliphatic rings. The van der Waals surface area contributed by atoms with Crippen LogP contribution in [-0.4, -0.2) is 31.7 Å². The van der Waals surface area contributed by atoms with Crippen molar-refractivity contribution in [3.8, 4) is 0 Å². The summed E-state index contributed by atoms with van der Waals surface area (Å²) in [6.45, 7) is 3.62. The Hall–Kier alpha value is -2.70. The Balaban J connectivity index is 1.67. The monoisotopic (exact) mass is 408 g/mol. The Morgan fingerprint density at radius 1 is 1.00 bits per heavy atom. The second kappa shape index (κ2) is 7.28. The topological polar surface area (TPSA) is 66.5 Å². The summed E-state index contributed by atoms with van der Waals surface area (Å²) in [5, 5.41) is 5.21. The van der Waals surface area contributed by atoms with Gasteiger partial charge in [-0.05, 0) is 67.5 Å². The second-order valence-electron chi connectivity index (χ2n) is 7.71. The smallest absolute Gasteiger partial charge is 0.255 e. The van der Waals surface area contributed by atoms with Gasteiger partial charge in [0.2, 0.25) is 10.0 Å². The maximum absolute atomic E-state index is 12.9. The Morgan fingerprint density at radius 2 is 1.69 bits per heavy atom. The zero-order valence-corrected chi connectivity index (χ0v) is 17.6. The van der Waals surface area contributed by atoms with E-state index in [2.05, 4.69) is 17.4 Å². The van der Waals surface area contributed by atoms with E-state index >= 15 is 0 Å². The van der Waals surface area contributed by atoms with Crippen molar-refractivity contribution in [2.24, 2.45) is 0 Å². The molecule has 150 valence electrons. The number of carbonyl (C=O) groups excluding carboxylic acids is 1. The molecule has 3 aromatic carbocycles. The first kappa shape index (κ1) is 19.6. The lowest BCUT2D eigenvalue weighted by atomic mass is 10.0. The summed E-state index contributed by atoms with van der Waals surface area (Å²) in [5.41, 5.74) is 3.66. The van der Waals surface area contributed by atoms with Crippen LogP contribution in [0.15, 0.2) is 59.5 Å². The first-order chi connectivity index (χ1) is 13.8. The summed E-state index contributed by atoms with van der Waals surface area (Å²) in [6, 6.07) is 16.2. The van der Waals surface area contributed by atoms with Crippen molar-refractivity contribution in [3.05, 3.63) is 71.3 Å². The molecule has 0 spiro atoms. The minimum atomic E-state index is -3.65. The number of benzene rings is 3. The molecule has 29 heavy (non-hydrogen) atoms. The lowest BCUT2D eigenvalue weighted by Gasteiger charge is -2.21. The number of nitrogens with zero attached hydrogens (tertiary/aromatic N) is 1. The molecule has 3 aromatic rings. The highest BCUT2D eigenvalue weighted by Crippen LogP contribution is 2.35. The Labute approximate surface area is 171 Å². The summed E-state index contributed by atoms with van der Waals surface area (Å²) in [5.74, 6) is -0.326. The maximum Gasteiger partial charge on any atom is 0.255 e.